The van der Waals surface area contributed by atoms with Crippen LogP contribution >= 0.6 is 0 Å². The summed E-state index contributed by atoms with van der Waals surface area (Å²) >= 11 is 0. The quantitative estimate of drug-likeness (QED) is 0.177. The fourth-order valence-electron chi connectivity index (χ4n) is 7.15. The SMILES string of the molecule is C[C@@H]1CN(c2cccc3c(-c4ccc(OCc5ccccc5)nc4OCc4ccccc4)nn(C)c23)CCN1CC1CCN(C(=O)O)CC1. The summed E-state index contributed by atoms with van der Waals surface area (Å²) in [5.74, 6) is 1.52. The van der Waals surface area contributed by atoms with Gasteiger partial charge in [0.2, 0.25) is 11.8 Å². The summed E-state index contributed by atoms with van der Waals surface area (Å²) in [6, 6.07) is 30.9. The van der Waals surface area contributed by atoms with Crippen LogP contribution in [0.25, 0.3) is 22.2 Å². The molecule has 1 atom stereocenters. The minimum absolute atomic E-state index is 0.375. The van der Waals surface area contributed by atoms with Crippen LogP contribution in [0.5, 0.6) is 11.8 Å². The molecule has 4 heterocycles. The highest BCUT2D eigenvalue weighted by atomic mass is 16.5. The number of hydrogen-bond donors (Lipinski definition) is 1. The molecule has 7 rings (SSSR count). The van der Waals surface area contributed by atoms with Crippen molar-refractivity contribution in [3.05, 3.63) is 102 Å². The van der Waals surface area contributed by atoms with Crippen LogP contribution in [0.1, 0.15) is 30.9 Å². The molecule has 5 aromatic rings. The molecule has 2 fully saturated rings. The molecular weight excluding hydrogens is 616 g/mol. The average molecular weight is 661 g/mol. The molecule has 254 valence electrons. The lowest BCUT2D eigenvalue weighted by atomic mass is 9.95. The number of likely N-dealkylation sites (tertiary alicyclic amines) is 1. The van der Waals surface area contributed by atoms with Gasteiger partial charge in [-0.3, -0.25) is 9.58 Å². The first-order valence-electron chi connectivity index (χ1n) is 17.2. The summed E-state index contributed by atoms with van der Waals surface area (Å²) in [6.07, 6.45) is 1.06. The first kappa shape index (κ1) is 32.5. The number of carboxylic acid groups (broad SMARTS) is 1. The van der Waals surface area contributed by atoms with Gasteiger partial charge in [0.15, 0.2) is 0 Å². The number of aryl methyl sites for hydroxylation is 1. The Morgan fingerprint density at radius 3 is 2.20 bits per heavy atom. The van der Waals surface area contributed by atoms with Crippen molar-refractivity contribution in [1.29, 1.82) is 0 Å². The molecule has 10 nitrogen and oxygen atoms in total. The number of aromatic nitrogens is 3. The number of para-hydroxylation sites is 1. The maximum Gasteiger partial charge on any atom is 0.407 e. The number of hydrogen-bond acceptors (Lipinski definition) is 7. The summed E-state index contributed by atoms with van der Waals surface area (Å²) in [5, 5.41) is 15.4. The third-order valence-electron chi connectivity index (χ3n) is 9.86. The van der Waals surface area contributed by atoms with Crippen LogP contribution in [-0.2, 0) is 20.3 Å². The Morgan fingerprint density at radius 2 is 1.53 bits per heavy atom. The van der Waals surface area contributed by atoms with Gasteiger partial charge in [0.05, 0.1) is 16.8 Å². The van der Waals surface area contributed by atoms with Crippen molar-refractivity contribution in [1.82, 2.24) is 24.6 Å². The van der Waals surface area contributed by atoms with Gasteiger partial charge in [-0.2, -0.15) is 10.1 Å². The lowest BCUT2D eigenvalue weighted by molar-refractivity contribution is 0.101. The largest absolute Gasteiger partial charge is 0.473 e. The van der Waals surface area contributed by atoms with Crippen molar-refractivity contribution in [2.45, 2.75) is 39.0 Å². The van der Waals surface area contributed by atoms with Gasteiger partial charge >= 0.3 is 6.09 Å². The second-order valence-electron chi connectivity index (χ2n) is 13.2. The number of piperidine rings is 1. The van der Waals surface area contributed by atoms with E-state index >= 15 is 0 Å². The van der Waals surface area contributed by atoms with E-state index in [-0.39, 0.29) is 0 Å². The molecule has 0 aliphatic carbocycles. The topological polar surface area (TPSA) is 96.2 Å². The Morgan fingerprint density at radius 1 is 0.837 bits per heavy atom. The normalized spacial score (nSPS) is 17.4. The maximum absolute atomic E-state index is 11.3. The zero-order chi connectivity index (χ0) is 33.7. The van der Waals surface area contributed by atoms with E-state index in [1.165, 1.54) is 5.69 Å². The van der Waals surface area contributed by atoms with Crippen molar-refractivity contribution in [3.8, 4) is 23.0 Å². The van der Waals surface area contributed by atoms with Crippen molar-refractivity contribution >= 4 is 22.7 Å². The van der Waals surface area contributed by atoms with E-state index in [0.29, 0.717) is 50.0 Å². The molecule has 2 aromatic heterocycles. The first-order chi connectivity index (χ1) is 23.9. The summed E-state index contributed by atoms with van der Waals surface area (Å²) in [6.45, 7) is 8.17. The summed E-state index contributed by atoms with van der Waals surface area (Å²) in [7, 11) is 2.01. The smallest absolute Gasteiger partial charge is 0.407 e. The highest BCUT2D eigenvalue weighted by Gasteiger charge is 2.30. The van der Waals surface area contributed by atoms with Crippen molar-refractivity contribution in [2.24, 2.45) is 13.0 Å². The van der Waals surface area contributed by atoms with Gasteiger partial charge in [-0.1, -0.05) is 72.8 Å². The molecule has 0 radical (unpaired) electrons. The van der Waals surface area contributed by atoms with Crippen molar-refractivity contribution < 1.29 is 19.4 Å². The number of ether oxygens (including phenoxy) is 2. The summed E-state index contributed by atoms with van der Waals surface area (Å²) in [4.78, 5) is 22.8. The second kappa shape index (κ2) is 14.6. The summed E-state index contributed by atoms with van der Waals surface area (Å²) in [5.41, 5.74) is 6.01. The molecule has 0 saturated carbocycles. The molecule has 1 amide bonds. The van der Waals surface area contributed by atoms with Crippen LogP contribution in [0.4, 0.5) is 10.5 Å². The molecule has 2 aliphatic heterocycles. The number of nitrogens with zero attached hydrogens (tertiary/aromatic N) is 6. The summed E-state index contributed by atoms with van der Waals surface area (Å²) < 4.78 is 14.5. The van der Waals surface area contributed by atoms with Gasteiger partial charge in [-0.25, -0.2) is 4.79 Å². The molecule has 0 unspecified atom stereocenters. The highest BCUT2D eigenvalue weighted by molar-refractivity contribution is 6.01. The third-order valence-corrected chi connectivity index (χ3v) is 9.86. The zero-order valence-electron chi connectivity index (χ0n) is 28.2. The van der Waals surface area contributed by atoms with Crippen LogP contribution in [-0.4, -0.2) is 81.1 Å². The minimum atomic E-state index is -0.801. The number of pyridine rings is 1. The molecule has 0 bridgehead atoms. The Hall–Kier alpha value is -5.09. The van der Waals surface area contributed by atoms with Gasteiger partial charge < -0.3 is 24.4 Å². The first-order valence-corrected chi connectivity index (χ1v) is 17.2. The monoisotopic (exact) mass is 660 g/mol. The highest BCUT2D eigenvalue weighted by Crippen LogP contribution is 2.38. The van der Waals surface area contributed by atoms with Crippen LogP contribution in [0, 0.1) is 5.92 Å². The van der Waals surface area contributed by atoms with E-state index in [4.69, 9.17) is 19.6 Å². The van der Waals surface area contributed by atoms with Crippen molar-refractivity contribution in [2.75, 3.05) is 44.2 Å². The van der Waals surface area contributed by atoms with Crippen LogP contribution in [0.2, 0.25) is 0 Å². The van der Waals surface area contributed by atoms with E-state index in [1.807, 2.05) is 84.5 Å². The van der Waals surface area contributed by atoms with Crippen molar-refractivity contribution in [3.63, 3.8) is 0 Å². The van der Waals surface area contributed by atoms with Gasteiger partial charge in [0.25, 0.3) is 0 Å². The van der Waals surface area contributed by atoms with E-state index < -0.39 is 6.09 Å². The Kier molecular flexibility index (Phi) is 9.65. The second-order valence-corrected chi connectivity index (χ2v) is 13.2. The zero-order valence-corrected chi connectivity index (χ0v) is 28.2. The molecule has 0 spiro atoms. The lowest BCUT2D eigenvalue weighted by Crippen LogP contribution is -2.54. The van der Waals surface area contributed by atoms with E-state index in [0.717, 1.165) is 72.3 Å². The maximum atomic E-state index is 11.3. The van der Waals surface area contributed by atoms with Gasteiger partial charge in [-0.15, -0.1) is 0 Å². The number of piperazine rings is 1. The van der Waals surface area contributed by atoms with Gasteiger partial charge in [-0.05, 0) is 48.9 Å². The molecule has 10 heteroatoms. The molecular formula is C39H44N6O4. The fourth-order valence-corrected chi connectivity index (χ4v) is 7.15. The molecule has 3 aromatic carbocycles. The number of amides is 1. The number of anilines is 1. The minimum Gasteiger partial charge on any atom is -0.473 e. The standard InChI is InChI=1S/C39H44N6O4/c1-28-24-45(23-22-44(28)25-29-18-20-43(21-19-29)39(46)47)34-15-9-14-32-36(41-42(2)37(32)34)33-16-17-35(48-26-30-10-5-3-6-11-30)40-38(33)49-27-31-12-7-4-8-13-31/h3-17,28-29H,18-27H2,1-2H3,(H,46,47)/t28-/m1/s1. The Bertz CT molecular complexity index is 1870. The van der Waals surface area contributed by atoms with E-state index in [1.54, 1.807) is 4.90 Å². The lowest BCUT2D eigenvalue weighted by Gasteiger charge is -2.43. The molecule has 1 N–H and O–H groups in total. The fraction of sp³-hybridized carbons (Fsp3) is 0.359. The average Bonchev–Trinajstić information content (AvgIpc) is 3.48. The van der Waals surface area contributed by atoms with E-state index in [2.05, 4.69) is 34.9 Å². The van der Waals surface area contributed by atoms with Crippen LogP contribution < -0.4 is 14.4 Å². The molecule has 2 aliphatic rings. The number of carbonyl (C=O) groups is 1. The molecule has 2 saturated heterocycles. The van der Waals surface area contributed by atoms with E-state index in [9.17, 15) is 9.90 Å². The Labute approximate surface area is 287 Å². The predicted octanol–water partition coefficient (Wildman–Crippen LogP) is 6.69. The van der Waals surface area contributed by atoms with Crippen LogP contribution in [0.3, 0.4) is 0 Å². The third kappa shape index (κ3) is 7.34. The van der Waals surface area contributed by atoms with Gasteiger partial charge in [0.1, 0.15) is 18.9 Å². The number of fused-ring (bicyclic) bond motifs is 1. The predicted molar refractivity (Wildman–Crippen MR) is 191 cm³/mol. The Balaban J connectivity index is 1.12. The van der Waals surface area contributed by atoms with Gasteiger partial charge in [0, 0.05) is 63.8 Å². The van der Waals surface area contributed by atoms with Crippen LogP contribution in [0.15, 0.2) is 91.0 Å². The number of benzene rings is 3. The molecule has 49 heavy (non-hydrogen) atoms. The number of rotatable bonds is 10.